The predicted octanol–water partition coefficient (Wildman–Crippen LogP) is 4.04. The summed E-state index contributed by atoms with van der Waals surface area (Å²) in [6, 6.07) is 15.7. The lowest BCUT2D eigenvalue weighted by Gasteiger charge is -2.03. The van der Waals surface area contributed by atoms with Crippen LogP contribution in [0.25, 0.3) is 33.8 Å². The maximum atomic E-state index is 11.6. The number of carboxylic acid groups (broad SMARTS) is 1. The molecule has 2 aromatic heterocycles. The number of H-pyrrole nitrogens is 1. The average molecular weight is 343 g/mol. The van der Waals surface area contributed by atoms with Crippen molar-refractivity contribution in [3.05, 3.63) is 77.2 Å². The number of nitrogens with two attached hydrogens (primary N) is 1. The highest BCUT2D eigenvalue weighted by molar-refractivity contribution is 6.13. The third kappa shape index (κ3) is 2.74. The molecule has 2 aromatic carbocycles. The van der Waals surface area contributed by atoms with Crippen molar-refractivity contribution in [1.29, 1.82) is 0 Å². The third-order valence-electron chi connectivity index (χ3n) is 4.41. The minimum absolute atomic E-state index is 0.0948. The number of benzene rings is 2. The second-order valence-electron chi connectivity index (χ2n) is 6.04. The first-order valence-electron chi connectivity index (χ1n) is 8.27. The van der Waals surface area contributed by atoms with Crippen LogP contribution < -0.4 is 5.73 Å². The molecule has 128 valence electrons. The molecule has 26 heavy (non-hydrogen) atoms. The van der Waals surface area contributed by atoms with E-state index >= 15 is 0 Å². The van der Waals surface area contributed by atoms with E-state index in [4.69, 9.17) is 5.73 Å². The molecule has 4 N–H and O–H groups in total. The first-order valence-corrected chi connectivity index (χ1v) is 8.27. The zero-order valence-corrected chi connectivity index (χ0v) is 13.9. The Kier molecular flexibility index (Phi) is 3.99. The molecule has 5 nitrogen and oxygen atoms in total. The van der Waals surface area contributed by atoms with Gasteiger partial charge in [-0.2, -0.15) is 0 Å². The zero-order valence-electron chi connectivity index (χ0n) is 13.9. The van der Waals surface area contributed by atoms with Crippen LogP contribution in [0, 0.1) is 0 Å². The summed E-state index contributed by atoms with van der Waals surface area (Å²) in [5, 5.41) is 12.0. The topological polar surface area (TPSA) is 92.0 Å². The summed E-state index contributed by atoms with van der Waals surface area (Å²) in [5.41, 5.74) is 8.98. The van der Waals surface area contributed by atoms with Gasteiger partial charge in [-0.3, -0.25) is 0 Å². The number of nitrogens with zero attached hydrogens (tertiary/aromatic N) is 1. The van der Waals surface area contributed by atoms with Gasteiger partial charge in [-0.25, -0.2) is 9.78 Å². The lowest BCUT2D eigenvalue weighted by atomic mass is 10.1. The highest BCUT2D eigenvalue weighted by Crippen LogP contribution is 2.30. The third-order valence-corrected chi connectivity index (χ3v) is 4.41. The van der Waals surface area contributed by atoms with E-state index in [-0.39, 0.29) is 12.1 Å². The highest BCUT2D eigenvalue weighted by Gasteiger charge is 2.19. The lowest BCUT2D eigenvalue weighted by Crippen LogP contribution is -2.05. The van der Waals surface area contributed by atoms with Gasteiger partial charge in [-0.05, 0) is 23.1 Å². The number of fused-ring (bicyclic) bond motifs is 3. The zero-order chi connectivity index (χ0) is 18.1. The first kappa shape index (κ1) is 16.1. The van der Waals surface area contributed by atoms with Crippen LogP contribution in [0.3, 0.4) is 0 Å². The summed E-state index contributed by atoms with van der Waals surface area (Å²) in [7, 11) is 0. The molecule has 0 amide bonds. The number of aromatic carboxylic acids is 1. The Morgan fingerprint density at radius 3 is 2.65 bits per heavy atom. The summed E-state index contributed by atoms with van der Waals surface area (Å²) in [6.45, 7) is 0.0948. The van der Waals surface area contributed by atoms with Gasteiger partial charge >= 0.3 is 5.97 Å². The van der Waals surface area contributed by atoms with Crippen molar-refractivity contribution in [3.8, 4) is 0 Å². The molecule has 0 atom stereocenters. The van der Waals surface area contributed by atoms with Crippen LogP contribution in [-0.4, -0.2) is 21.0 Å². The van der Waals surface area contributed by atoms with Gasteiger partial charge in [-0.1, -0.05) is 48.5 Å². The molecule has 0 aliphatic heterocycles. The van der Waals surface area contributed by atoms with E-state index in [1.165, 1.54) is 0 Å². The average Bonchev–Trinajstić information content (AvgIpc) is 3.06. The Morgan fingerprint density at radius 2 is 1.92 bits per heavy atom. The molecule has 0 fully saturated rings. The van der Waals surface area contributed by atoms with E-state index in [0.29, 0.717) is 16.6 Å². The fourth-order valence-corrected chi connectivity index (χ4v) is 3.16. The van der Waals surface area contributed by atoms with Crippen molar-refractivity contribution in [3.63, 3.8) is 0 Å². The molecular formula is C21H17N3O2. The van der Waals surface area contributed by atoms with Crippen molar-refractivity contribution in [2.24, 2.45) is 5.73 Å². The number of aromatic nitrogens is 2. The van der Waals surface area contributed by atoms with E-state index in [0.717, 1.165) is 22.0 Å². The van der Waals surface area contributed by atoms with Gasteiger partial charge in [0.15, 0.2) is 0 Å². The SMILES string of the molecule is NCc1nc2c(ccc3c[nH]c(C=Cc4ccccc4)cc32)c1C(=O)O. The fraction of sp³-hybridized carbons (Fsp3) is 0.0476. The van der Waals surface area contributed by atoms with Crippen molar-refractivity contribution in [2.75, 3.05) is 0 Å². The fourth-order valence-electron chi connectivity index (χ4n) is 3.16. The lowest BCUT2D eigenvalue weighted by molar-refractivity contribution is 0.0698. The molecule has 4 rings (SSSR count). The van der Waals surface area contributed by atoms with Crippen molar-refractivity contribution >= 4 is 39.8 Å². The van der Waals surface area contributed by atoms with Crippen LogP contribution in [-0.2, 0) is 6.54 Å². The molecule has 0 aliphatic rings. The van der Waals surface area contributed by atoms with Crippen LogP contribution in [0.2, 0.25) is 0 Å². The molecule has 5 heteroatoms. The van der Waals surface area contributed by atoms with E-state index in [1.54, 1.807) is 6.07 Å². The summed E-state index contributed by atoms with van der Waals surface area (Å²) >= 11 is 0. The van der Waals surface area contributed by atoms with E-state index in [9.17, 15) is 9.90 Å². The van der Waals surface area contributed by atoms with Gasteiger partial charge in [0.1, 0.15) is 0 Å². The molecule has 0 radical (unpaired) electrons. The maximum absolute atomic E-state index is 11.6. The number of pyridine rings is 1. The number of nitrogens with one attached hydrogen (secondary N) is 1. The van der Waals surface area contributed by atoms with Gasteiger partial charge in [0.25, 0.3) is 0 Å². The number of carbonyl (C=O) groups is 1. The summed E-state index contributed by atoms with van der Waals surface area (Å²) in [5.74, 6) is -1.00. The maximum Gasteiger partial charge on any atom is 0.338 e. The number of hydrogen-bond donors (Lipinski definition) is 3. The van der Waals surface area contributed by atoms with Crippen LogP contribution in [0.4, 0.5) is 0 Å². The minimum atomic E-state index is -1.00. The largest absolute Gasteiger partial charge is 0.478 e. The van der Waals surface area contributed by atoms with Crippen LogP contribution in [0.1, 0.15) is 27.3 Å². The number of hydrogen-bond acceptors (Lipinski definition) is 3. The van der Waals surface area contributed by atoms with Gasteiger partial charge in [-0.15, -0.1) is 0 Å². The Bertz CT molecular complexity index is 1140. The number of carboxylic acids is 1. The molecule has 0 saturated heterocycles. The quantitative estimate of drug-likeness (QED) is 0.521. The van der Waals surface area contributed by atoms with Crippen LogP contribution in [0.5, 0.6) is 0 Å². The van der Waals surface area contributed by atoms with Crippen molar-refractivity contribution < 1.29 is 9.90 Å². The van der Waals surface area contributed by atoms with Gasteiger partial charge < -0.3 is 15.8 Å². The minimum Gasteiger partial charge on any atom is -0.478 e. The Morgan fingerprint density at radius 1 is 1.12 bits per heavy atom. The van der Waals surface area contributed by atoms with Gasteiger partial charge in [0.05, 0.1) is 16.8 Å². The molecule has 2 heterocycles. The molecule has 0 unspecified atom stereocenters. The van der Waals surface area contributed by atoms with Crippen LogP contribution >= 0.6 is 0 Å². The first-order chi connectivity index (χ1) is 12.7. The van der Waals surface area contributed by atoms with Gasteiger partial charge in [0, 0.05) is 29.2 Å². The van der Waals surface area contributed by atoms with Crippen molar-refractivity contribution in [2.45, 2.75) is 6.54 Å². The second-order valence-corrected chi connectivity index (χ2v) is 6.04. The van der Waals surface area contributed by atoms with E-state index in [2.05, 4.69) is 9.97 Å². The van der Waals surface area contributed by atoms with Gasteiger partial charge in [0.2, 0.25) is 0 Å². The van der Waals surface area contributed by atoms with Crippen molar-refractivity contribution in [1.82, 2.24) is 9.97 Å². The summed E-state index contributed by atoms with van der Waals surface area (Å²) in [4.78, 5) is 19.4. The normalized spacial score (nSPS) is 11.6. The highest BCUT2D eigenvalue weighted by atomic mass is 16.4. The summed E-state index contributed by atoms with van der Waals surface area (Å²) < 4.78 is 0. The number of aromatic amines is 1. The number of rotatable bonds is 4. The molecular weight excluding hydrogens is 326 g/mol. The molecule has 0 aliphatic carbocycles. The monoisotopic (exact) mass is 343 g/mol. The molecule has 0 saturated carbocycles. The molecule has 4 aromatic rings. The van der Waals surface area contributed by atoms with E-state index in [1.807, 2.05) is 60.8 Å². The van der Waals surface area contributed by atoms with E-state index < -0.39 is 5.97 Å². The molecule has 0 bridgehead atoms. The predicted molar refractivity (Wildman–Crippen MR) is 104 cm³/mol. The Labute approximate surface area is 149 Å². The standard InChI is InChI=1S/C21H17N3O2/c22-11-18-19(21(25)26)16-9-7-14-12-23-15(10-17(14)20(16)24-18)8-6-13-4-2-1-3-5-13/h1-10,12,23H,11,22H2,(H,25,26). The smallest absolute Gasteiger partial charge is 0.338 e. The second kappa shape index (κ2) is 6.46. The summed E-state index contributed by atoms with van der Waals surface area (Å²) in [6.07, 6.45) is 5.90. The van der Waals surface area contributed by atoms with Crippen LogP contribution in [0.15, 0.2) is 54.7 Å². The Balaban J connectivity index is 1.87. The Hall–Kier alpha value is -3.44. The molecule has 0 spiro atoms.